The van der Waals surface area contributed by atoms with Crippen LogP contribution in [0.25, 0.3) is 0 Å². The Kier molecular flexibility index (Phi) is 3.53. The first-order valence-electron chi connectivity index (χ1n) is 6.94. The van der Waals surface area contributed by atoms with Crippen molar-refractivity contribution in [2.24, 2.45) is 5.73 Å². The zero-order chi connectivity index (χ0) is 16.6. The summed E-state index contributed by atoms with van der Waals surface area (Å²) in [7, 11) is 0. The summed E-state index contributed by atoms with van der Waals surface area (Å²) in [5.41, 5.74) is 7.09. The summed E-state index contributed by atoms with van der Waals surface area (Å²) in [5.74, 6) is -0.995. The molecule has 0 aromatic heterocycles. The quantitative estimate of drug-likeness (QED) is 0.687. The summed E-state index contributed by atoms with van der Waals surface area (Å²) >= 11 is 0. The average molecular weight is 311 g/mol. The molecule has 2 aromatic carbocycles. The lowest BCUT2D eigenvalue weighted by atomic mass is 10.1. The molecule has 0 saturated carbocycles. The Balaban J connectivity index is 1.99. The molecule has 0 spiro atoms. The van der Waals surface area contributed by atoms with E-state index in [2.05, 4.69) is 0 Å². The minimum absolute atomic E-state index is 0.102. The van der Waals surface area contributed by atoms with Crippen LogP contribution in [0.3, 0.4) is 0 Å². The van der Waals surface area contributed by atoms with E-state index in [1.807, 2.05) is 12.1 Å². The molecule has 7 heteroatoms. The molecular weight excluding hydrogens is 298 g/mol. The number of amides is 2. The third-order valence-corrected chi connectivity index (χ3v) is 3.85. The van der Waals surface area contributed by atoms with Crippen LogP contribution in [0.1, 0.15) is 15.9 Å². The Labute approximate surface area is 131 Å². The van der Waals surface area contributed by atoms with Crippen molar-refractivity contribution in [2.75, 3.05) is 4.90 Å². The summed E-state index contributed by atoms with van der Waals surface area (Å²) in [5, 5.41) is 10.7. The minimum Gasteiger partial charge on any atom is -0.368 e. The Morgan fingerprint density at radius 2 is 1.78 bits per heavy atom. The van der Waals surface area contributed by atoms with Crippen LogP contribution in [0.15, 0.2) is 48.5 Å². The highest BCUT2D eigenvalue weighted by molar-refractivity contribution is 6.11. The smallest absolute Gasteiger partial charge is 0.269 e. The van der Waals surface area contributed by atoms with Gasteiger partial charge < -0.3 is 5.73 Å². The number of benzene rings is 2. The molecule has 7 nitrogen and oxygen atoms in total. The van der Waals surface area contributed by atoms with Crippen molar-refractivity contribution in [3.63, 3.8) is 0 Å². The van der Waals surface area contributed by atoms with Crippen LogP contribution in [0.5, 0.6) is 0 Å². The third kappa shape index (κ3) is 2.52. The van der Waals surface area contributed by atoms with E-state index in [-0.39, 0.29) is 11.3 Å². The molecule has 2 aromatic rings. The number of nitro groups is 1. The minimum atomic E-state index is -0.755. The van der Waals surface area contributed by atoms with E-state index in [0.717, 1.165) is 5.56 Å². The fourth-order valence-corrected chi connectivity index (χ4v) is 2.73. The van der Waals surface area contributed by atoms with E-state index < -0.39 is 22.8 Å². The van der Waals surface area contributed by atoms with Crippen LogP contribution < -0.4 is 10.6 Å². The van der Waals surface area contributed by atoms with Gasteiger partial charge in [-0.25, -0.2) is 0 Å². The highest BCUT2D eigenvalue weighted by atomic mass is 16.6. The standard InChI is InChI=1S/C16H13N3O4/c17-15(20)14-9-11-3-1-2-4-13(11)18(14)16(21)10-5-7-12(8-6-10)19(22)23/h1-8,14H,9H2,(H2,17,20)/t14-/m1/s1. The molecule has 116 valence electrons. The number of fused-ring (bicyclic) bond motifs is 1. The maximum absolute atomic E-state index is 12.8. The van der Waals surface area contributed by atoms with Crippen molar-refractivity contribution in [3.8, 4) is 0 Å². The Hall–Kier alpha value is -3.22. The topological polar surface area (TPSA) is 107 Å². The van der Waals surface area contributed by atoms with Crippen molar-refractivity contribution in [2.45, 2.75) is 12.5 Å². The number of carbonyl (C=O) groups excluding carboxylic acids is 2. The molecule has 0 radical (unpaired) electrons. The van der Waals surface area contributed by atoms with Gasteiger partial charge in [0.1, 0.15) is 6.04 Å². The van der Waals surface area contributed by atoms with Crippen LogP contribution in [-0.4, -0.2) is 22.8 Å². The van der Waals surface area contributed by atoms with E-state index in [0.29, 0.717) is 12.1 Å². The zero-order valence-electron chi connectivity index (χ0n) is 12.0. The van der Waals surface area contributed by atoms with Gasteiger partial charge in [0.2, 0.25) is 5.91 Å². The molecule has 0 bridgehead atoms. The number of rotatable bonds is 3. The van der Waals surface area contributed by atoms with E-state index in [4.69, 9.17) is 5.73 Å². The summed E-state index contributed by atoms with van der Waals surface area (Å²) in [6.07, 6.45) is 0.365. The molecule has 23 heavy (non-hydrogen) atoms. The molecule has 3 rings (SSSR count). The summed E-state index contributed by atoms with van der Waals surface area (Å²) in [4.78, 5) is 36.0. The highest BCUT2D eigenvalue weighted by Crippen LogP contribution is 2.33. The van der Waals surface area contributed by atoms with Gasteiger partial charge in [-0.05, 0) is 23.8 Å². The van der Waals surface area contributed by atoms with Crippen molar-refractivity contribution in [3.05, 3.63) is 69.8 Å². The molecule has 0 unspecified atom stereocenters. The average Bonchev–Trinajstić information content (AvgIpc) is 2.94. The lowest BCUT2D eigenvalue weighted by Gasteiger charge is -2.23. The van der Waals surface area contributed by atoms with E-state index >= 15 is 0 Å². The molecule has 0 fully saturated rings. The normalized spacial score (nSPS) is 16.0. The fraction of sp³-hybridized carbons (Fsp3) is 0.125. The zero-order valence-corrected chi connectivity index (χ0v) is 12.0. The second-order valence-electron chi connectivity index (χ2n) is 5.23. The van der Waals surface area contributed by atoms with Crippen molar-refractivity contribution >= 4 is 23.2 Å². The molecule has 1 aliphatic heterocycles. The monoisotopic (exact) mass is 311 g/mol. The number of primary amides is 1. The van der Waals surface area contributed by atoms with Crippen LogP contribution in [-0.2, 0) is 11.2 Å². The van der Waals surface area contributed by atoms with Crippen molar-refractivity contribution < 1.29 is 14.5 Å². The number of anilines is 1. The van der Waals surface area contributed by atoms with Crippen molar-refractivity contribution in [1.82, 2.24) is 0 Å². The molecular formula is C16H13N3O4. The van der Waals surface area contributed by atoms with Gasteiger partial charge in [-0.3, -0.25) is 24.6 Å². The number of nitrogens with zero attached hydrogens (tertiary/aromatic N) is 2. The number of carbonyl (C=O) groups is 2. The maximum atomic E-state index is 12.8. The lowest BCUT2D eigenvalue weighted by Crippen LogP contribution is -2.46. The van der Waals surface area contributed by atoms with E-state index in [1.54, 1.807) is 12.1 Å². The van der Waals surface area contributed by atoms with Gasteiger partial charge in [0.25, 0.3) is 11.6 Å². The number of nitro benzene ring substituents is 1. The Morgan fingerprint density at radius 1 is 1.13 bits per heavy atom. The highest BCUT2D eigenvalue weighted by Gasteiger charge is 2.37. The van der Waals surface area contributed by atoms with Gasteiger partial charge in [0.05, 0.1) is 4.92 Å². The maximum Gasteiger partial charge on any atom is 0.269 e. The molecule has 0 aliphatic carbocycles. The van der Waals surface area contributed by atoms with E-state index in [1.165, 1.54) is 29.2 Å². The van der Waals surface area contributed by atoms with Gasteiger partial charge in [0.15, 0.2) is 0 Å². The first-order valence-corrected chi connectivity index (χ1v) is 6.94. The second-order valence-corrected chi connectivity index (χ2v) is 5.23. The number of hydrogen-bond donors (Lipinski definition) is 1. The first kappa shape index (κ1) is 14.7. The summed E-state index contributed by atoms with van der Waals surface area (Å²) in [6.45, 7) is 0. The van der Waals surface area contributed by atoms with Crippen LogP contribution in [0, 0.1) is 10.1 Å². The summed E-state index contributed by atoms with van der Waals surface area (Å²) < 4.78 is 0. The first-order chi connectivity index (χ1) is 11.0. The molecule has 2 amide bonds. The van der Waals surface area contributed by atoms with Crippen LogP contribution >= 0.6 is 0 Å². The number of hydrogen-bond acceptors (Lipinski definition) is 4. The third-order valence-electron chi connectivity index (χ3n) is 3.85. The predicted molar refractivity (Wildman–Crippen MR) is 83.0 cm³/mol. The fourth-order valence-electron chi connectivity index (χ4n) is 2.73. The van der Waals surface area contributed by atoms with Crippen LogP contribution in [0.2, 0.25) is 0 Å². The Bertz CT molecular complexity index is 801. The summed E-state index contributed by atoms with van der Waals surface area (Å²) in [6, 6.07) is 11.7. The molecule has 0 saturated heterocycles. The van der Waals surface area contributed by atoms with Gasteiger partial charge in [-0.2, -0.15) is 0 Å². The SMILES string of the molecule is NC(=O)[C@H]1Cc2ccccc2N1C(=O)c1ccc([N+](=O)[O-])cc1. The second kappa shape index (κ2) is 5.53. The number of nitrogens with two attached hydrogens (primary N) is 1. The van der Waals surface area contributed by atoms with Gasteiger partial charge >= 0.3 is 0 Å². The van der Waals surface area contributed by atoms with Gasteiger partial charge in [0, 0.05) is 29.8 Å². The van der Waals surface area contributed by atoms with Gasteiger partial charge in [-0.15, -0.1) is 0 Å². The lowest BCUT2D eigenvalue weighted by molar-refractivity contribution is -0.384. The van der Waals surface area contributed by atoms with Gasteiger partial charge in [-0.1, -0.05) is 18.2 Å². The molecule has 1 aliphatic rings. The van der Waals surface area contributed by atoms with E-state index in [9.17, 15) is 19.7 Å². The molecule has 1 atom stereocenters. The number of non-ortho nitro benzene ring substituents is 1. The van der Waals surface area contributed by atoms with Crippen molar-refractivity contribution in [1.29, 1.82) is 0 Å². The number of para-hydroxylation sites is 1. The largest absolute Gasteiger partial charge is 0.368 e. The molecule has 1 heterocycles. The Morgan fingerprint density at radius 3 is 2.39 bits per heavy atom. The predicted octanol–water partition coefficient (Wildman–Crippen LogP) is 1.65. The van der Waals surface area contributed by atoms with Crippen LogP contribution in [0.4, 0.5) is 11.4 Å². The molecule has 2 N–H and O–H groups in total.